The second-order valence-electron chi connectivity index (χ2n) is 5.59. The Bertz CT molecular complexity index is 682. The van der Waals surface area contributed by atoms with Crippen LogP contribution in [0.2, 0.25) is 0 Å². The van der Waals surface area contributed by atoms with E-state index in [1.165, 1.54) is 7.11 Å². The Morgan fingerprint density at radius 1 is 1.09 bits per heavy atom. The zero-order valence-corrected chi connectivity index (χ0v) is 13.4. The molecule has 0 spiro atoms. The van der Waals surface area contributed by atoms with E-state index in [-0.39, 0.29) is 5.69 Å². The van der Waals surface area contributed by atoms with Crippen molar-refractivity contribution in [2.75, 3.05) is 45.2 Å². The summed E-state index contributed by atoms with van der Waals surface area (Å²) in [6, 6.07) is 11.5. The molecule has 0 amide bonds. The molecule has 0 radical (unpaired) electrons. The van der Waals surface area contributed by atoms with Gasteiger partial charge in [-0.1, -0.05) is 30.3 Å². The van der Waals surface area contributed by atoms with Crippen molar-refractivity contribution < 1.29 is 9.53 Å². The number of nitrogens with zero attached hydrogens (tertiary/aromatic N) is 4. The van der Waals surface area contributed by atoms with Crippen LogP contribution in [0.3, 0.4) is 0 Å². The molecule has 1 aliphatic rings. The van der Waals surface area contributed by atoms with E-state index in [0.717, 1.165) is 37.4 Å². The van der Waals surface area contributed by atoms with Gasteiger partial charge in [0.05, 0.1) is 12.8 Å². The summed E-state index contributed by atoms with van der Waals surface area (Å²) in [4.78, 5) is 25.4. The zero-order valence-electron chi connectivity index (χ0n) is 13.4. The molecule has 3 rings (SSSR count). The second-order valence-corrected chi connectivity index (χ2v) is 5.59. The lowest BCUT2D eigenvalue weighted by atomic mass is 10.1. The van der Waals surface area contributed by atoms with Gasteiger partial charge in [-0.2, -0.15) is 0 Å². The number of carbonyl (C=O) groups excluding carboxylic acids is 1. The minimum atomic E-state index is -0.444. The van der Waals surface area contributed by atoms with Gasteiger partial charge in [0.2, 0.25) is 5.95 Å². The van der Waals surface area contributed by atoms with E-state index in [1.807, 2.05) is 30.3 Å². The van der Waals surface area contributed by atoms with Crippen LogP contribution in [0.25, 0.3) is 11.3 Å². The molecule has 0 atom stereocenters. The summed E-state index contributed by atoms with van der Waals surface area (Å²) in [6.45, 7) is 3.59. The van der Waals surface area contributed by atoms with E-state index in [9.17, 15) is 4.79 Å². The van der Waals surface area contributed by atoms with Gasteiger partial charge in [0.15, 0.2) is 5.69 Å². The average Bonchev–Trinajstić information content (AvgIpc) is 2.62. The van der Waals surface area contributed by atoms with Crippen molar-refractivity contribution in [3.05, 3.63) is 42.1 Å². The van der Waals surface area contributed by atoms with Crippen molar-refractivity contribution >= 4 is 11.9 Å². The monoisotopic (exact) mass is 312 g/mol. The van der Waals surface area contributed by atoms with Crippen LogP contribution in [-0.4, -0.2) is 61.2 Å². The van der Waals surface area contributed by atoms with Crippen LogP contribution in [-0.2, 0) is 4.74 Å². The normalized spacial score (nSPS) is 15.5. The average molecular weight is 312 g/mol. The Morgan fingerprint density at radius 2 is 1.78 bits per heavy atom. The van der Waals surface area contributed by atoms with Crippen LogP contribution < -0.4 is 4.90 Å². The van der Waals surface area contributed by atoms with Gasteiger partial charge in [0.25, 0.3) is 0 Å². The number of methoxy groups -OCH3 is 1. The van der Waals surface area contributed by atoms with Crippen LogP contribution in [0.15, 0.2) is 36.4 Å². The predicted molar refractivity (Wildman–Crippen MR) is 88.5 cm³/mol. The van der Waals surface area contributed by atoms with Crippen LogP contribution in [0.4, 0.5) is 5.95 Å². The lowest BCUT2D eigenvalue weighted by Gasteiger charge is -2.32. The van der Waals surface area contributed by atoms with Gasteiger partial charge in [-0.15, -0.1) is 0 Å². The van der Waals surface area contributed by atoms with Crippen LogP contribution in [0.5, 0.6) is 0 Å². The van der Waals surface area contributed by atoms with E-state index in [2.05, 4.69) is 26.8 Å². The van der Waals surface area contributed by atoms with E-state index < -0.39 is 5.97 Å². The van der Waals surface area contributed by atoms with Crippen molar-refractivity contribution in [3.63, 3.8) is 0 Å². The molecule has 0 N–H and O–H groups in total. The second kappa shape index (κ2) is 6.75. The molecule has 1 aliphatic heterocycles. The van der Waals surface area contributed by atoms with Crippen molar-refractivity contribution in [1.29, 1.82) is 0 Å². The van der Waals surface area contributed by atoms with Gasteiger partial charge in [0, 0.05) is 31.7 Å². The quantitative estimate of drug-likeness (QED) is 0.804. The van der Waals surface area contributed by atoms with Crippen LogP contribution in [0, 0.1) is 0 Å². The molecule has 23 heavy (non-hydrogen) atoms. The fraction of sp³-hybridized carbons (Fsp3) is 0.353. The lowest BCUT2D eigenvalue weighted by molar-refractivity contribution is 0.0594. The Labute approximate surface area is 135 Å². The summed E-state index contributed by atoms with van der Waals surface area (Å²) < 4.78 is 4.83. The molecule has 6 nitrogen and oxygen atoms in total. The van der Waals surface area contributed by atoms with Gasteiger partial charge < -0.3 is 14.5 Å². The Balaban J connectivity index is 2.00. The maximum absolute atomic E-state index is 11.9. The molecule has 2 aromatic rings. The van der Waals surface area contributed by atoms with Crippen molar-refractivity contribution in [3.8, 4) is 11.3 Å². The number of carbonyl (C=O) groups is 1. The number of ether oxygens (including phenoxy) is 1. The van der Waals surface area contributed by atoms with Crippen molar-refractivity contribution in [2.24, 2.45) is 0 Å². The molecule has 6 heteroatoms. The molecular weight excluding hydrogens is 292 g/mol. The fourth-order valence-corrected chi connectivity index (χ4v) is 2.55. The van der Waals surface area contributed by atoms with Gasteiger partial charge in [0.1, 0.15) is 0 Å². The van der Waals surface area contributed by atoms with E-state index >= 15 is 0 Å². The molecule has 0 bridgehead atoms. The van der Waals surface area contributed by atoms with Gasteiger partial charge >= 0.3 is 5.97 Å². The van der Waals surface area contributed by atoms with Crippen LogP contribution in [0.1, 0.15) is 10.5 Å². The smallest absolute Gasteiger partial charge is 0.356 e. The predicted octanol–water partition coefficient (Wildman–Crippen LogP) is 1.68. The minimum Gasteiger partial charge on any atom is -0.464 e. The molecule has 1 aromatic carbocycles. The summed E-state index contributed by atoms with van der Waals surface area (Å²) in [5, 5.41) is 0. The standard InChI is InChI=1S/C17H20N4O2/c1-20-8-10-21(11-9-20)17-18-14(13-6-4-3-5-7-13)12-15(19-17)16(22)23-2/h3-7,12H,8-11H2,1-2H3. The first kappa shape index (κ1) is 15.4. The number of anilines is 1. The maximum atomic E-state index is 11.9. The highest BCUT2D eigenvalue weighted by atomic mass is 16.5. The maximum Gasteiger partial charge on any atom is 0.356 e. The number of benzene rings is 1. The van der Waals surface area contributed by atoms with Crippen molar-refractivity contribution in [2.45, 2.75) is 0 Å². The molecule has 1 aromatic heterocycles. The minimum absolute atomic E-state index is 0.287. The molecule has 1 fully saturated rings. The number of rotatable bonds is 3. The molecule has 0 unspecified atom stereocenters. The highest BCUT2D eigenvalue weighted by Gasteiger charge is 2.20. The van der Waals surface area contributed by atoms with E-state index in [1.54, 1.807) is 6.07 Å². The summed E-state index contributed by atoms with van der Waals surface area (Å²) >= 11 is 0. The zero-order chi connectivity index (χ0) is 16.2. The number of hydrogen-bond donors (Lipinski definition) is 0. The largest absolute Gasteiger partial charge is 0.464 e. The molecule has 0 aliphatic carbocycles. The summed E-state index contributed by atoms with van der Waals surface area (Å²) in [5.41, 5.74) is 1.97. The first-order chi connectivity index (χ1) is 11.2. The third kappa shape index (κ3) is 3.48. The summed E-state index contributed by atoms with van der Waals surface area (Å²) in [5.74, 6) is 0.139. The number of hydrogen-bond acceptors (Lipinski definition) is 6. The highest BCUT2D eigenvalue weighted by molar-refractivity contribution is 5.88. The third-order valence-electron chi connectivity index (χ3n) is 3.96. The summed E-state index contributed by atoms with van der Waals surface area (Å²) in [6.07, 6.45) is 0. The van der Waals surface area contributed by atoms with Crippen molar-refractivity contribution in [1.82, 2.24) is 14.9 Å². The van der Waals surface area contributed by atoms with Gasteiger partial charge in [-0.25, -0.2) is 14.8 Å². The summed E-state index contributed by atoms with van der Waals surface area (Å²) in [7, 11) is 3.46. The van der Waals surface area contributed by atoms with Gasteiger partial charge in [-0.3, -0.25) is 0 Å². The molecule has 2 heterocycles. The first-order valence-electron chi connectivity index (χ1n) is 7.63. The number of esters is 1. The molecular formula is C17H20N4O2. The molecule has 1 saturated heterocycles. The topological polar surface area (TPSA) is 58.6 Å². The van der Waals surface area contributed by atoms with E-state index in [4.69, 9.17) is 4.74 Å². The Kier molecular flexibility index (Phi) is 4.52. The number of aromatic nitrogens is 2. The lowest BCUT2D eigenvalue weighted by Crippen LogP contribution is -2.45. The third-order valence-corrected chi connectivity index (χ3v) is 3.96. The fourth-order valence-electron chi connectivity index (χ4n) is 2.55. The molecule has 0 saturated carbocycles. The highest BCUT2D eigenvalue weighted by Crippen LogP contribution is 2.21. The van der Waals surface area contributed by atoms with Gasteiger partial charge in [-0.05, 0) is 13.1 Å². The number of likely N-dealkylation sites (N-methyl/N-ethyl adjacent to an activating group) is 1. The van der Waals surface area contributed by atoms with E-state index in [0.29, 0.717) is 5.95 Å². The SMILES string of the molecule is COC(=O)c1cc(-c2ccccc2)nc(N2CCN(C)CC2)n1. The molecule has 120 valence electrons. The Morgan fingerprint density at radius 3 is 2.43 bits per heavy atom. The Hall–Kier alpha value is -2.47. The van der Waals surface area contributed by atoms with Crippen LogP contribution >= 0.6 is 0 Å². The number of piperazine rings is 1. The first-order valence-corrected chi connectivity index (χ1v) is 7.63.